The van der Waals surface area contributed by atoms with E-state index in [2.05, 4.69) is 4.98 Å². The summed E-state index contributed by atoms with van der Waals surface area (Å²) in [6.07, 6.45) is 2.78. The first kappa shape index (κ1) is 12.6. The summed E-state index contributed by atoms with van der Waals surface area (Å²) in [6.45, 7) is 1.75. The summed E-state index contributed by atoms with van der Waals surface area (Å²) >= 11 is 1.25. The Labute approximate surface area is 107 Å². The number of carbonyl (C=O) groups is 1. The number of carbonyl (C=O) groups excluding carboxylic acids is 1. The maximum absolute atomic E-state index is 12.9. The van der Waals surface area contributed by atoms with Crippen molar-refractivity contribution in [3.63, 3.8) is 0 Å². The quantitative estimate of drug-likeness (QED) is 0.626. The van der Waals surface area contributed by atoms with Crippen LogP contribution in [0.25, 0.3) is 6.08 Å². The second-order valence-electron chi connectivity index (χ2n) is 3.64. The summed E-state index contributed by atoms with van der Waals surface area (Å²) < 4.78 is 25.6. The standard InChI is InChI=1S/C13H9F2NOS/c1-8-13(18-7-16-8)12(17)5-3-9-2-4-10(14)11(15)6-9/h2-7H,1H3/b5-3+. The van der Waals surface area contributed by atoms with Crippen LogP contribution in [0.3, 0.4) is 0 Å². The van der Waals surface area contributed by atoms with Crippen LogP contribution in [0.5, 0.6) is 0 Å². The summed E-state index contributed by atoms with van der Waals surface area (Å²) in [5.41, 5.74) is 2.69. The number of rotatable bonds is 3. The summed E-state index contributed by atoms with van der Waals surface area (Å²) in [5.74, 6) is -2.03. The van der Waals surface area contributed by atoms with Gasteiger partial charge in [-0.25, -0.2) is 13.8 Å². The Kier molecular flexibility index (Phi) is 3.62. The Bertz CT molecular complexity index is 619. The number of hydrogen-bond acceptors (Lipinski definition) is 3. The van der Waals surface area contributed by atoms with Crippen molar-refractivity contribution < 1.29 is 13.6 Å². The van der Waals surface area contributed by atoms with E-state index in [1.165, 1.54) is 29.6 Å². The molecule has 0 N–H and O–H groups in total. The van der Waals surface area contributed by atoms with Crippen LogP contribution in [0.1, 0.15) is 20.9 Å². The summed E-state index contributed by atoms with van der Waals surface area (Å²) in [7, 11) is 0. The van der Waals surface area contributed by atoms with Gasteiger partial charge < -0.3 is 0 Å². The molecule has 0 radical (unpaired) electrons. The molecule has 0 aliphatic carbocycles. The Morgan fingerprint density at radius 2 is 2.11 bits per heavy atom. The molecule has 0 unspecified atom stereocenters. The molecule has 18 heavy (non-hydrogen) atoms. The lowest BCUT2D eigenvalue weighted by molar-refractivity contribution is 0.105. The van der Waals surface area contributed by atoms with Gasteiger partial charge in [0.25, 0.3) is 0 Å². The lowest BCUT2D eigenvalue weighted by Gasteiger charge is -1.95. The van der Waals surface area contributed by atoms with Crippen LogP contribution in [0.15, 0.2) is 29.8 Å². The molecule has 1 heterocycles. The third-order valence-corrected chi connectivity index (χ3v) is 3.28. The third kappa shape index (κ3) is 2.68. The molecule has 0 aliphatic heterocycles. The fourth-order valence-corrected chi connectivity index (χ4v) is 2.13. The minimum Gasteiger partial charge on any atom is -0.288 e. The highest BCUT2D eigenvalue weighted by atomic mass is 32.1. The van der Waals surface area contributed by atoms with Gasteiger partial charge in [-0.2, -0.15) is 0 Å². The Morgan fingerprint density at radius 1 is 1.33 bits per heavy atom. The van der Waals surface area contributed by atoms with E-state index in [1.807, 2.05) is 0 Å². The Hall–Kier alpha value is -1.88. The average molecular weight is 265 g/mol. The van der Waals surface area contributed by atoms with E-state index in [9.17, 15) is 13.6 Å². The first-order valence-corrected chi connectivity index (χ1v) is 6.03. The molecule has 0 saturated carbocycles. The number of allylic oxidation sites excluding steroid dienone is 1. The van der Waals surface area contributed by atoms with Crippen molar-refractivity contribution in [2.24, 2.45) is 0 Å². The van der Waals surface area contributed by atoms with E-state index in [4.69, 9.17) is 0 Å². The van der Waals surface area contributed by atoms with Gasteiger partial charge in [-0.15, -0.1) is 11.3 Å². The number of ketones is 1. The van der Waals surface area contributed by atoms with E-state index in [-0.39, 0.29) is 5.78 Å². The normalized spacial score (nSPS) is 11.1. The first-order chi connectivity index (χ1) is 8.58. The lowest BCUT2D eigenvalue weighted by atomic mass is 10.1. The number of aromatic nitrogens is 1. The van der Waals surface area contributed by atoms with E-state index in [0.717, 1.165) is 12.1 Å². The molecule has 0 amide bonds. The molecule has 0 atom stereocenters. The molecule has 92 valence electrons. The summed E-state index contributed by atoms with van der Waals surface area (Å²) in [4.78, 5) is 16.3. The van der Waals surface area contributed by atoms with Gasteiger partial charge in [0.05, 0.1) is 16.1 Å². The number of thiazole rings is 1. The minimum atomic E-state index is -0.932. The monoisotopic (exact) mass is 265 g/mol. The van der Waals surface area contributed by atoms with E-state index < -0.39 is 11.6 Å². The number of aryl methyl sites for hydroxylation is 1. The van der Waals surface area contributed by atoms with Crippen LogP contribution in [-0.4, -0.2) is 10.8 Å². The molecule has 0 fully saturated rings. The molecular formula is C13H9F2NOS. The number of halogens is 2. The summed E-state index contributed by atoms with van der Waals surface area (Å²) in [5, 5.41) is 0. The second-order valence-corrected chi connectivity index (χ2v) is 4.49. The second kappa shape index (κ2) is 5.18. The first-order valence-electron chi connectivity index (χ1n) is 5.15. The molecule has 1 aromatic heterocycles. The van der Waals surface area contributed by atoms with Crippen LogP contribution in [-0.2, 0) is 0 Å². The lowest BCUT2D eigenvalue weighted by Crippen LogP contribution is -1.93. The van der Waals surface area contributed by atoms with Crippen molar-refractivity contribution in [1.29, 1.82) is 0 Å². The van der Waals surface area contributed by atoms with Crippen molar-refractivity contribution in [2.75, 3.05) is 0 Å². The maximum atomic E-state index is 12.9. The van der Waals surface area contributed by atoms with Gasteiger partial charge in [0.15, 0.2) is 17.4 Å². The molecule has 2 nitrogen and oxygen atoms in total. The van der Waals surface area contributed by atoms with Crippen LogP contribution in [0.2, 0.25) is 0 Å². The molecule has 2 aromatic rings. The van der Waals surface area contributed by atoms with Crippen molar-refractivity contribution in [2.45, 2.75) is 6.92 Å². The van der Waals surface area contributed by atoms with E-state index >= 15 is 0 Å². The fraction of sp³-hybridized carbons (Fsp3) is 0.0769. The zero-order valence-electron chi connectivity index (χ0n) is 9.48. The van der Waals surface area contributed by atoms with E-state index in [0.29, 0.717) is 16.1 Å². The summed E-state index contributed by atoms with van der Waals surface area (Å²) in [6, 6.07) is 3.47. The highest BCUT2D eigenvalue weighted by Crippen LogP contribution is 2.15. The van der Waals surface area contributed by atoms with Gasteiger partial charge >= 0.3 is 0 Å². The zero-order chi connectivity index (χ0) is 13.1. The maximum Gasteiger partial charge on any atom is 0.197 e. The van der Waals surface area contributed by atoms with Crippen molar-refractivity contribution in [3.8, 4) is 0 Å². The Balaban J connectivity index is 2.18. The molecule has 5 heteroatoms. The van der Waals surface area contributed by atoms with Gasteiger partial charge in [-0.3, -0.25) is 4.79 Å². The molecule has 0 bridgehead atoms. The molecule has 0 saturated heterocycles. The van der Waals surface area contributed by atoms with E-state index in [1.54, 1.807) is 12.4 Å². The van der Waals surface area contributed by atoms with Gasteiger partial charge in [0, 0.05) is 0 Å². The third-order valence-electron chi connectivity index (χ3n) is 2.34. The molecule has 0 spiro atoms. The highest BCUT2D eigenvalue weighted by Gasteiger charge is 2.08. The number of hydrogen-bond donors (Lipinski definition) is 0. The van der Waals surface area contributed by atoms with Crippen LogP contribution >= 0.6 is 11.3 Å². The van der Waals surface area contributed by atoms with Gasteiger partial charge in [-0.1, -0.05) is 12.1 Å². The molecule has 1 aromatic carbocycles. The Morgan fingerprint density at radius 3 is 2.72 bits per heavy atom. The van der Waals surface area contributed by atoms with Crippen molar-refractivity contribution in [3.05, 3.63) is 57.6 Å². The van der Waals surface area contributed by atoms with Crippen LogP contribution in [0.4, 0.5) is 8.78 Å². The number of nitrogens with zero attached hydrogens (tertiary/aromatic N) is 1. The number of benzene rings is 1. The average Bonchev–Trinajstić information content (AvgIpc) is 2.77. The topological polar surface area (TPSA) is 30.0 Å². The SMILES string of the molecule is Cc1ncsc1C(=O)/C=C/c1ccc(F)c(F)c1. The van der Waals surface area contributed by atoms with Gasteiger partial charge in [-0.05, 0) is 30.7 Å². The van der Waals surface area contributed by atoms with Crippen LogP contribution < -0.4 is 0 Å². The van der Waals surface area contributed by atoms with Gasteiger partial charge in [0.1, 0.15) is 0 Å². The molecule has 2 rings (SSSR count). The molecule has 0 aliphatic rings. The van der Waals surface area contributed by atoms with Crippen molar-refractivity contribution >= 4 is 23.2 Å². The molecular weight excluding hydrogens is 256 g/mol. The largest absolute Gasteiger partial charge is 0.288 e. The fourth-order valence-electron chi connectivity index (χ4n) is 1.40. The predicted molar refractivity (Wildman–Crippen MR) is 66.6 cm³/mol. The highest BCUT2D eigenvalue weighted by molar-refractivity contribution is 7.12. The smallest absolute Gasteiger partial charge is 0.197 e. The van der Waals surface area contributed by atoms with Gasteiger partial charge in [0.2, 0.25) is 0 Å². The minimum absolute atomic E-state index is 0.195. The zero-order valence-corrected chi connectivity index (χ0v) is 10.3. The van der Waals surface area contributed by atoms with Crippen molar-refractivity contribution in [1.82, 2.24) is 4.98 Å². The predicted octanol–water partition coefficient (Wildman–Crippen LogP) is 3.63. The van der Waals surface area contributed by atoms with Crippen LogP contribution in [0, 0.1) is 18.6 Å².